The molecular weight excluding hydrogens is 302 g/mol. The van der Waals surface area contributed by atoms with E-state index in [1.807, 2.05) is 30.5 Å². The van der Waals surface area contributed by atoms with E-state index >= 15 is 0 Å². The molecule has 6 heteroatoms. The summed E-state index contributed by atoms with van der Waals surface area (Å²) in [4.78, 5) is 13.7. The van der Waals surface area contributed by atoms with Crippen LogP contribution in [0.2, 0.25) is 0 Å². The van der Waals surface area contributed by atoms with Gasteiger partial charge in [-0.2, -0.15) is 4.98 Å². The predicted molar refractivity (Wildman–Crippen MR) is 95.3 cm³/mol. The molecule has 1 aliphatic heterocycles. The molecule has 1 saturated heterocycles. The number of rotatable bonds is 4. The summed E-state index contributed by atoms with van der Waals surface area (Å²) in [6.45, 7) is 4.88. The van der Waals surface area contributed by atoms with Crippen molar-refractivity contribution >= 4 is 22.9 Å². The van der Waals surface area contributed by atoms with Gasteiger partial charge in [-0.25, -0.2) is 4.98 Å². The number of nitrogens with zero attached hydrogens (tertiary/aromatic N) is 4. The Morgan fingerprint density at radius 3 is 2.67 bits per heavy atom. The zero-order valence-corrected chi connectivity index (χ0v) is 13.8. The molecule has 2 aromatic heterocycles. The first-order chi connectivity index (χ1) is 11.8. The number of fused-ring (bicyclic) bond motifs is 1. The summed E-state index contributed by atoms with van der Waals surface area (Å²) < 4.78 is 5.66. The van der Waals surface area contributed by atoms with Crippen LogP contribution in [0, 0.1) is 0 Å². The average Bonchev–Trinajstić information content (AvgIpc) is 3.04. The van der Waals surface area contributed by atoms with E-state index in [2.05, 4.69) is 44.3 Å². The number of piperazine rings is 1. The van der Waals surface area contributed by atoms with Gasteiger partial charge in [-0.05, 0) is 30.8 Å². The molecule has 24 heavy (non-hydrogen) atoms. The van der Waals surface area contributed by atoms with E-state index in [1.54, 1.807) is 0 Å². The van der Waals surface area contributed by atoms with Crippen LogP contribution in [0.15, 0.2) is 47.0 Å². The third kappa shape index (κ3) is 3.19. The van der Waals surface area contributed by atoms with Crippen LogP contribution in [0.4, 0.5) is 11.8 Å². The summed E-state index contributed by atoms with van der Waals surface area (Å²) in [5.74, 6) is 1.05. The molecule has 0 amide bonds. The van der Waals surface area contributed by atoms with Crippen LogP contribution in [0.5, 0.6) is 0 Å². The zero-order chi connectivity index (χ0) is 16.4. The Morgan fingerprint density at radius 2 is 1.92 bits per heavy atom. The molecular formula is C18H21N5O. The van der Waals surface area contributed by atoms with E-state index in [0.717, 1.165) is 48.7 Å². The van der Waals surface area contributed by atoms with Crippen molar-refractivity contribution in [1.82, 2.24) is 14.9 Å². The molecule has 0 bridgehead atoms. The lowest BCUT2D eigenvalue weighted by molar-refractivity contribution is 0.312. The molecule has 6 nitrogen and oxygen atoms in total. The van der Waals surface area contributed by atoms with Gasteiger partial charge in [0.05, 0.1) is 0 Å². The minimum Gasteiger partial charge on any atom is -0.424 e. The number of oxazole rings is 1. The first-order valence-corrected chi connectivity index (χ1v) is 8.26. The van der Waals surface area contributed by atoms with Crippen LogP contribution in [0.3, 0.4) is 0 Å². The molecule has 3 heterocycles. The Labute approximate surface area is 141 Å². The maximum atomic E-state index is 5.66. The van der Waals surface area contributed by atoms with Gasteiger partial charge in [0.25, 0.3) is 6.01 Å². The van der Waals surface area contributed by atoms with E-state index in [4.69, 9.17) is 4.42 Å². The molecule has 1 fully saturated rings. The third-order valence-corrected chi connectivity index (χ3v) is 4.37. The average molecular weight is 323 g/mol. The highest BCUT2D eigenvalue weighted by molar-refractivity contribution is 5.74. The van der Waals surface area contributed by atoms with Crippen LogP contribution in [-0.2, 0) is 6.54 Å². The second-order valence-corrected chi connectivity index (χ2v) is 6.16. The lowest BCUT2D eigenvalue weighted by atomic mass is 10.2. The maximum Gasteiger partial charge on any atom is 0.295 e. The van der Waals surface area contributed by atoms with Gasteiger partial charge in [0.1, 0.15) is 11.3 Å². The smallest absolute Gasteiger partial charge is 0.295 e. The molecule has 0 aliphatic carbocycles. The standard InChI is InChI=1S/C18H21N5O/c1-22-8-10-23(11-9-22)17-7-6-14(12-19-17)13-20-18-21-15-4-2-3-5-16(15)24-18/h2-7,12H,8-11,13H2,1H3,(H,20,21). The van der Waals surface area contributed by atoms with Crippen molar-refractivity contribution in [2.45, 2.75) is 6.54 Å². The van der Waals surface area contributed by atoms with Crippen LogP contribution in [0.25, 0.3) is 11.1 Å². The van der Waals surface area contributed by atoms with E-state index in [1.165, 1.54) is 0 Å². The Bertz CT molecular complexity index is 773. The molecule has 124 valence electrons. The summed E-state index contributed by atoms with van der Waals surface area (Å²) in [6, 6.07) is 12.5. The van der Waals surface area contributed by atoms with Crippen molar-refractivity contribution in [2.24, 2.45) is 0 Å². The minimum absolute atomic E-state index is 0.541. The van der Waals surface area contributed by atoms with Gasteiger partial charge in [-0.1, -0.05) is 18.2 Å². The Balaban J connectivity index is 1.38. The number of para-hydroxylation sites is 2. The third-order valence-electron chi connectivity index (χ3n) is 4.37. The quantitative estimate of drug-likeness (QED) is 0.796. The summed E-state index contributed by atoms with van der Waals surface area (Å²) in [5, 5.41) is 3.22. The number of hydrogen-bond acceptors (Lipinski definition) is 6. The number of aromatic nitrogens is 2. The Kier molecular flexibility index (Phi) is 4.04. The van der Waals surface area contributed by atoms with Crippen molar-refractivity contribution in [2.75, 3.05) is 43.4 Å². The van der Waals surface area contributed by atoms with E-state index in [0.29, 0.717) is 12.6 Å². The molecule has 1 N–H and O–H groups in total. The molecule has 0 radical (unpaired) electrons. The summed E-state index contributed by atoms with van der Waals surface area (Å²) in [6.07, 6.45) is 1.92. The number of hydrogen-bond donors (Lipinski definition) is 1. The van der Waals surface area contributed by atoms with Gasteiger partial charge in [0.15, 0.2) is 5.58 Å². The first kappa shape index (κ1) is 15.0. The zero-order valence-electron chi connectivity index (χ0n) is 13.8. The highest BCUT2D eigenvalue weighted by atomic mass is 16.4. The van der Waals surface area contributed by atoms with E-state index in [-0.39, 0.29) is 0 Å². The van der Waals surface area contributed by atoms with Crippen molar-refractivity contribution < 1.29 is 4.42 Å². The summed E-state index contributed by atoms with van der Waals surface area (Å²) in [5.41, 5.74) is 2.77. The summed E-state index contributed by atoms with van der Waals surface area (Å²) >= 11 is 0. The predicted octanol–water partition coefficient (Wildman–Crippen LogP) is 2.59. The monoisotopic (exact) mass is 323 g/mol. The molecule has 0 atom stereocenters. The van der Waals surface area contributed by atoms with E-state index in [9.17, 15) is 0 Å². The van der Waals surface area contributed by atoms with Crippen molar-refractivity contribution in [3.05, 3.63) is 48.2 Å². The summed E-state index contributed by atoms with van der Waals surface area (Å²) in [7, 11) is 2.16. The SMILES string of the molecule is CN1CCN(c2ccc(CNc3nc4ccccc4o3)cn2)CC1. The molecule has 0 unspecified atom stereocenters. The number of benzene rings is 1. The van der Waals surface area contributed by atoms with Gasteiger partial charge in [0, 0.05) is 38.9 Å². The van der Waals surface area contributed by atoms with Gasteiger partial charge < -0.3 is 19.5 Å². The fourth-order valence-electron chi connectivity index (χ4n) is 2.87. The second kappa shape index (κ2) is 6.49. The topological polar surface area (TPSA) is 57.4 Å². The lowest BCUT2D eigenvalue weighted by Crippen LogP contribution is -2.44. The normalized spacial score (nSPS) is 15.8. The highest BCUT2D eigenvalue weighted by Gasteiger charge is 2.15. The Hall–Kier alpha value is -2.60. The largest absolute Gasteiger partial charge is 0.424 e. The van der Waals surface area contributed by atoms with Crippen molar-refractivity contribution in [3.8, 4) is 0 Å². The minimum atomic E-state index is 0.541. The molecule has 3 aromatic rings. The number of pyridine rings is 1. The van der Waals surface area contributed by atoms with E-state index < -0.39 is 0 Å². The molecule has 1 aliphatic rings. The fraction of sp³-hybridized carbons (Fsp3) is 0.333. The number of anilines is 2. The number of likely N-dealkylation sites (N-methyl/N-ethyl adjacent to an activating group) is 1. The molecule has 1 aromatic carbocycles. The van der Waals surface area contributed by atoms with Crippen molar-refractivity contribution in [1.29, 1.82) is 0 Å². The van der Waals surface area contributed by atoms with Crippen molar-refractivity contribution in [3.63, 3.8) is 0 Å². The number of nitrogens with one attached hydrogen (secondary N) is 1. The van der Waals surface area contributed by atoms with Gasteiger partial charge in [0.2, 0.25) is 0 Å². The highest BCUT2D eigenvalue weighted by Crippen LogP contribution is 2.19. The van der Waals surface area contributed by atoms with Crippen LogP contribution in [0.1, 0.15) is 5.56 Å². The van der Waals surface area contributed by atoms with Crippen LogP contribution in [-0.4, -0.2) is 48.1 Å². The second-order valence-electron chi connectivity index (χ2n) is 6.16. The van der Waals surface area contributed by atoms with Crippen LogP contribution >= 0.6 is 0 Å². The van der Waals surface area contributed by atoms with Crippen LogP contribution < -0.4 is 10.2 Å². The fourth-order valence-corrected chi connectivity index (χ4v) is 2.87. The lowest BCUT2D eigenvalue weighted by Gasteiger charge is -2.33. The first-order valence-electron chi connectivity index (χ1n) is 8.26. The van der Waals surface area contributed by atoms with Gasteiger partial charge in [-0.15, -0.1) is 0 Å². The van der Waals surface area contributed by atoms with Gasteiger partial charge in [-0.3, -0.25) is 0 Å². The Morgan fingerprint density at radius 1 is 1.08 bits per heavy atom. The molecule has 0 spiro atoms. The molecule has 4 rings (SSSR count). The maximum absolute atomic E-state index is 5.66. The molecule has 0 saturated carbocycles. The van der Waals surface area contributed by atoms with Gasteiger partial charge >= 0.3 is 0 Å².